The van der Waals surface area contributed by atoms with Gasteiger partial charge in [-0.05, 0) is 38.5 Å². The summed E-state index contributed by atoms with van der Waals surface area (Å²) in [6, 6.07) is 9.98. The molecule has 0 spiro atoms. The van der Waals surface area contributed by atoms with Gasteiger partial charge in [-0.15, -0.1) is 0 Å². The van der Waals surface area contributed by atoms with Gasteiger partial charge in [0, 0.05) is 43.4 Å². The molecule has 0 atom stereocenters. The van der Waals surface area contributed by atoms with Gasteiger partial charge < -0.3 is 14.8 Å². The molecule has 2 aromatic rings. The normalized spacial score (nSPS) is 15.8. The fourth-order valence-corrected chi connectivity index (χ4v) is 3.48. The molecule has 0 aliphatic carbocycles. The third kappa shape index (κ3) is 7.84. The van der Waals surface area contributed by atoms with E-state index >= 15 is 0 Å². The molecule has 1 aliphatic heterocycles. The van der Waals surface area contributed by atoms with Crippen molar-refractivity contribution in [2.24, 2.45) is 0 Å². The number of rotatable bonds is 10. The van der Waals surface area contributed by atoms with Crippen molar-refractivity contribution in [2.75, 3.05) is 45.3 Å². The van der Waals surface area contributed by atoms with Gasteiger partial charge in [0.1, 0.15) is 17.4 Å². The fourth-order valence-electron chi connectivity index (χ4n) is 3.48. The van der Waals surface area contributed by atoms with Gasteiger partial charge in [-0.25, -0.2) is 9.97 Å². The second-order valence-electron chi connectivity index (χ2n) is 8.09. The molecule has 1 aromatic heterocycles. The van der Waals surface area contributed by atoms with Crippen LogP contribution < -0.4 is 10.1 Å². The minimum absolute atomic E-state index is 0.784. The molecule has 1 saturated heterocycles. The van der Waals surface area contributed by atoms with E-state index in [4.69, 9.17) is 19.4 Å². The second kappa shape index (κ2) is 12.9. The molecule has 33 heavy (non-hydrogen) atoms. The number of anilines is 1. The quantitative estimate of drug-likeness (QED) is 0.501. The van der Waals surface area contributed by atoms with E-state index in [1.165, 1.54) is 5.57 Å². The zero-order valence-electron chi connectivity index (χ0n) is 20.3. The van der Waals surface area contributed by atoms with Crippen LogP contribution in [-0.2, 0) is 11.2 Å². The Morgan fingerprint density at radius 3 is 2.76 bits per heavy atom. The number of aromatic nitrogens is 2. The first-order chi connectivity index (χ1) is 16.1. The van der Waals surface area contributed by atoms with Crippen LogP contribution in [0.4, 0.5) is 5.82 Å². The van der Waals surface area contributed by atoms with Crippen LogP contribution >= 0.6 is 0 Å². The number of methoxy groups -OCH3 is 1. The average molecular weight is 449 g/mol. The van der Waals surface area contributed by atoms with Crippen molar-refractivity contribution in [3.05, 3.63) is 71.7 Å². The molecule has 0 unspecified atom stereocenters. The molecular weight excluding hydrogens is 412 g/mol. The number of allylic oxidation sites excluding steroid dienone is 5. The highest BCUT2D eigenvalue weighted by molar-refractivity contribution is 5.65. The Bertz CT molecular complexity index is 991. The molecule has 6 nitrogen and oxygen atoms in total. The van der Waals surface area contributed by atoms with E-state index in [2.05, 4.69) is 48.4 Å². The summed E-state index contributed by atoms with van der Waals surface area (Å²) in [6.45, 7) is 10.7. The summed E-state index contributed by atoms with van der Waals surface area (Å²) in [6.07, 6.45) is 10.2. The molecular formula is C27H36N4O2. The minimum Gasteiger partial charge on any atom is -0.497 e. The topological polar surface area (TPSA) is 59.5 Å². The van der Waals surface area contributed by atoms with Crippen molar-refractivity contribution < 1.29 is 9.47 Å². The predicted molar refractivity (Wildman–Crippen MR) is 136 cm³/mol. The standard InChI is InChI=1S/C27H36N4O2/c1-5-21(3)9-7-11-23(6-2)28-27-20-25(22-10-8-12-24(19-22)32-4)29-26(30-27)13-14-31-15-17-33-18-16-31/h6-12,19-20H,5,13-18H2,1-4H3,(H,28,29,30)/b11-7-,21-9+,23-6+. The zero-order valence-corrected chi connectivity index (χ0v) is 20.3. The number of nitrogens with one attached hydrogen (secondary N) is 1. The highest BCUT2D eigenvalue weighted by atomic mass is 16.5. The van der Waals surface area contributed by atoms with E-state index in [1.807, 2.05) is 37.3 Å². The molecule has 6 heteroatoms. The van der Waals surface area contributed by atoms with Crippen LogP contribution in [0.2, 0.25) is 0 Å². The Morgan fingerprint density at radius 2 is 2.03 bits per heavy atom. The van der Waals surface area contributed by atoms with Crippen LogP contribution in [0.25, 0.3) is 11.3 Å². The lowest BCUT2D eigenvalue weighted by Crippen LogP contribution is -2.37. The summed E-state index contributed by atoms with van der Waals surface area (Å²) in [5, 5.41) is 3.47. The highest BCUT2D eigenvalue weighted by Gasteiger charge is 2.13. The first-order valence-electron chi connectivity index (χ1n) is 11.7. The number of hydrogen-bond donors (Lipinski definition) is 1. The summed E-state index contributed by atoms with van der Waals surface area (Å²) in [7, 11) is 1.68. The molecule has 1 fully saturated rings. The van der Waals surface area contributed by atoms with E-state index < -0.39 is 0 Å². The van der Waals surface area contributed by atoms with Crippen LogP contribution in [0, 0.1) is 0 Å². The Labute approximate surface area is 198 Å². The lowest BCUT2D eigenvalue weighted by atomic mass is 10.1. The fraction of sp³-hybridized carbons (Fsp3) is 0.407. The van der Waals surface area contributed by atoms with E-state index in [0.29, 0.717) is 0 Å². The molecule has 0 bridgehead atoms. The van der Waals surface area contributed by atoms with Crippen molar-refractivity contribution in [1.82, 2.24) is 14.9 Å². The lowest BCUT2D eigenvalue weighted by molar-refractivity contribution is 0.0382. The SMILES string of the molecule is C\C=C(/C=C\C=C(/C)CC)Nc1cc(-c2cccc(OC)c2)nc(CCN2CCOCC2)n1. The molecule has 0 amide bonds. The van der Waals surface area contributed by atoms with E-state index in [1.54, 1.807) is 7.11 Å². The molecule has 1 aliphatic rings. The van der Waals surface area contributed by atoms with E-state index in [-0.39, 0.29) is 0 Å². The van der Waals surface area contributed by atoms with Crippen molar-refractivity contribution >= 4 is 5.82 Å². The van der Waals surface area contributed by atoms with E-state index in [9.17, 15) is 0 Å². The summed E-state index contributed by atoms with van der Waals surface area (Å²) < 4.78 is 10.9. The van der Waals surface area contributed by atoms with Crippen LogP contribution in [0.15, 0.2) is 65.9 Å². The van der Waals surface area contributed by atoms with Crippen LogP contribution in [0.3, 0.4) is 0 Å². The molecule has 0 saturated carbocycles. The minimum atomic E-state index is 0.784. The maximum atomic E-state index is 5.47. The molecule has 1 aromatic carbocycles. The summed E-state index contributed by atoms with van der Waals surface area (Å²) in [5.41, 5.74) is 4.22. The summed E-state index contributed by atoms with van der Waals surface area (Å²) in [4.78, 5) is 12.1. The average Bonchev–Trinajstić information content (AvgIpc) is 2.87. The van der Waals surface area contributed by atoms with Crippen LogP contribution in [0.5, 0.6) is 5.75 Å². The van der Waals surface area contributed by atoms with Crippen LogP contribution in [-0.4, -0.2) is 54.8 Å². The maximum absolute atomic E-state index is 5.47. The van der Waals surface area contributed by atoms with Crippen molar-refractivity contribution in [3.8, 4) is 17.0 Å². The first-order valence-corrected chi connectivity index (χ1v) is 11.7. The van der Waals surface area contributed by atoms with E-state index in [0.717, 1.165) is 80.0 Å². The Balaban J connectivity index is 1.85. The van der Waals surface area contributed by atoms with Gasteiger partial charge in [0.15, 0.2) is 0 Å². The summed E-state index contributed by atoms with van der Waals surface area (Å²) in [5.74, 6) is 2.42. The van der Waals surface area contributed by atoms with Gasteiger partial charge in [0.25, 0.3) is 0 Å². The number of benzene rings is 1. The molecule has 176 valence electrons. The summed E-state index contributed by atoms with van der Waals surface area (Å²) >= 11 is 0. The first kappa shape index (κ1) is 24.7. The third-order valence-electron chi connectivity index (χ3n) is 5.69. The molecule has 0 radical (unpaired) electrons. The number of morpholine rings is 1. The Hall–Kier alpha value is -2.96. The Kier molecular flexibility index (Phi) is 9.66. The van der Waals surface area contributed by atoms with Crippen molar-refractivity contribution in [3.63, 3.8) is 0 Å². The second-order valence-corrected chi connectivity index (χ2v) is 8.09. The van der Waals surface area contributed by atoms with Gasteiger partial charge >= 0.3 is 0 Å². The monoisotopic (exact) mass is 448 g/mol. The van der Waals surface area contributed by atoms with Gasteiger partial charge in [0.05, 0.1) is 26.0 Å². The molecule has 3 rings (SSSR count). The zero-order chi connectivity index (χ0) is 23.5. The van der Waals surface area contributed by atoms with Crippen molar-refractivity contribution in [2.45, 2.75) is 33.6 Å². The highest BCUT2D eigenvalue weighted by Crippen LogP contribution is 2.25. The predicted octanol–water partition coefficient (Wildman–Crippen LogP) is 5.26. The maximum Gasteiger partial charge on any atom is 0.134 e. The number of nitrogens with zero attached hydrogens (tertiary/aromatic N) is 3. The van der Waals surface area contributed by atoms with Crippen LogP contribution in [0.1, 0.15) is 33.0 Å². The number of ether oxygens (including phenoxy) is 2. The van der Waals surface area contributed by atoms with Gasteiger partial charge in [-0.1, -0.05) is 42.9 Å². The van der Waals surface area contributed by atoms with Gasteiger partial charge in [-0.3, -0.25) is 4.90 Å². The lowest BCUT2D eigenvalue weighted by Gasteiger charge is -2.26. The number of hydrogen-bond acceptors (Lipinski definition) is 6. The van der Waals surface area contributed by atoms with Crippen molar-refractivity contribution in [1.29, 1.82) is 0 Å². The molecule has 1 N–H and O–H groups in total. The Morgan fingerprint density at radius 1 is 1.21 bits per heavy atom. The molecule has 2 heterocycles. The third-order valence-corrected chi connectivity index (χ3v) is 5.69. The van der Waals surface area contributed by atoms with Gasteiger partial charge in [-0.2, -0.15) is 0 Å². The smallest absolute Gasteiger partial charge is 0.134 e. The largest absolute Gasteiger partial charge is 0.497 e. The van der Waals surface area contributed by atoms with Gasteiger partial charge in [0.2, 0.25) is 0 Å².